The largest absolute Gasteiger partial charge is 0.573 e. The van der Waals surface area contributed by atoms with Crippen LogP contribution >= 0.6 is 0 Å². The first-order valence-electron chi connectivity index (χ1n) is 10.8. The summed E-state index contributed by atoms with van der Waals surface area (Å²) in [4.78, 5) is 63.6. The third-order valence-electron chi connectivity index (χ3n) is 6.34. The SMILES string of the molecule is C[C@]1(N2C(=O)c3ccc(CCC(=O)c4ccc(OC(F)(F)F)cc4)cc3C2=O)CCC(=O)CC1=O. The zero-order valence-corrected chi connectivity index (χ0v) is 18.6. The number of alkyl halides is 3. The molecule has 0 N–H and O–H groups in total. The normalized spacial score (nSPS) is 20.3. The summed E-state index contributed by atoms with van der Waals surface area (Å²) in [6.07, 6.45) is -4.73. The number of hydrogen-bond donors (Lipinski definition) is 0. The first kappa shape index (κ1) is 24.3. The van der Waals surface area contributed by atoms with Crippen molar-refractivity contribution in [1.82, 2.24) is 4.90 Å². The van der Waals surface area contributed by atoms with E-state index in [1.165, 1.54) is 31.2 Å². The van der Waals surface area contributed by atoms with E-state index in [9.17, 15) is 37.1 Å². The number of amides is 2. The Hall–Kier alpha value is -3.82. The number of benzene rings is 2. The Bertz CT molecular complexity index is 1250. The summed E-state index contributed by atoms with van der Waals surface area (Å²) in [5.74, 6) is -2.67. The molecule has 0 bridgehead atoms. The molecule has 1 atom stereocenters. The molecule has 1 fully saturated rings. The second-order valence-corrected chi connectivity index (χ2v) is 8.73. The predicted octanol–water partition coefficient (Wildman–Crippen LogP) is 4.08. The van der Waals surface area contributed by atoms with Gasteiger partial charge in [0.25, 0.3) is 11.8 Å². The van der Waals surface area contributed by atoms with Crippen LogP contribution in [0.5, 0.6) is 5.75 Å². The van der Waals surface area contributed by atoms with E-state index in [4.69, 9.17) is 0 Å². The first-order chi connectivity index (χ1) is 16.4. The van der Waals surface area contributed by atoms with E-state index in [-0.39, 0.29) is 60.4 Å². The summed E-state index contributed by atoms with van der Waals surface area (Å²) in [5.41, 5.74) is -0.307. The molecule has 2 aliphatic rings. The highest BCUT2D eigenvalue weighted by atomic mass is 19.4. The van der Waals surface area contributed by atoms with Gasteiger partial charge >= 0.3 is 6.36 Å². The van der Waals surface area contributed by atoms with Crippen molar-refractivity contribution < 1.29 is 41.9 Å². The monoisotopic (exact) mass is 487 g/mol. The number of hydrogen-bond acceptors (Lipinski definition) is 6. The van der Waals surface area contributed by atoms with Gasteiger partial charge in [0, 0.05) is 18.4 Å². The van der Waals surface area contributed by atoms with Crippen LogP contribution in [0.2, 0.25) is 0 Å². The molecule has 0 aromatic heterocycles. The Labute approximate surface area is 197 Å². The van der Waals surface area contributed by atoms with Crippen LogP contribution in [0.15, 0.2) is 42.5 Å². The lowest BCUT2D eigenvalue weighted by Crippen LogP contribution is -2.57. The highest BCUT2D eigenvalue weighted by Gasteiger charge is 2.52. The third-order valence-corrected chi connectivity index (χ3v) is 6.34. The molecule has 10 heteroatoms. The Balaban J connectivity index is 1.45. The van der Waals surface area contributed by atoms with Gasteiger partial charge in [0.05, 0.1) is 17.5 Å². The number of nitrogens with zero attached hydrogens (tertiary/aromatic N) is 1. The number of imide groups is 1. The maximum atomic E-state index is 13.1. The standard InChI is InChI=1S/C25H20F3NO6/c1-24(11-10-16(30)13-21(24)32)29-22(33)18-8-2-14(12-19(18)23(29)34)3-9-20(31)15-4-6-17(7-5-15)35-25(26,27)28/h2,4-8,12H,3,9-11,13H2,1H3/t24-/m0/s1. The van der Waals surface area contributed by atoms with E-state index in [1.807, 2.05) is 0 Å². The van der Waals surface area contributed by atoms with Crippen molar-refractivity contribution in [1.29, 1.82) is 0 Å². The van der Waals surface area contributed by atoms with Crippen LogP contribution < -0.4 is 4.74 Å². The highest BCUT2D eigenvalue weighted by molar-refractivity contribution is 6.24. The zero-order valence-electron chi connectivity index (χ0n) is 18.6. The molecule has 0 radical (unpaired) electrons. The number of carbonyl (C=O) groups is 5. The summed E-state index contributed by atoms with van der Waals surface area (Å²) >= 11 is 0. The van der Waals surface area contributed by atoms with Gasteiger partial charge in [-0.2, -0.15) is 0 Å². The zero-order chi connectivity index (χ0) is 25.5. The number of ether oxygens (including phenoxy) is 1. The Kier molecular flexibility index (Phi) is 6.08. The molecule has 1 heterocycles. The quantitative estimate of drug-likeness (QED) is 0.346. The van der Waals surface area contributed by atoms with Crippen LogP contribution in [0.3, 0.4) is 0 Å². The van der Waals surface area contributed by atoms with E-state index < -0.39 is 35.2 Å². The lowest BCUT2D eigenvalue weighted by atomic mass is 9.80. The van der Waals surface area contributed by atoms with Crippen molar-refractivity contribution in [3.05, 3.63) is 64.7 Å². The first-order valence-corrected chi connectivity index (χ1v) is 10.8. The number of halogens is 3. The molecular formula is C25H20F3NO6. The molecule has 4 rings (SSSR count). The van der Waals surface area contributed by atoms with Crippen LogP contribution in [-0.2, 0) is 16.0 Å². The molecule has 1 saturated carbocycles. The third kappa shape index (κ3) is 4.73. The maximum absolute atomic E-state index is 13.1. The minimum absolute atomic E-state index is 0.0163. The smallest absolute Gasteiger partial charge is 0.406 e. The number of rotatable bonds is 6. The molecule has 182 valence electrons. The molecule has 0 unspecified atom stereocenters. The van der Waals surface area contributed by atoms with Crippen molar-refractivity contribution >= 4 is 29.2 Å². The van der Waals surface area contributed by atoms with E-state index in [0.717, 1.165) is 17.0 Å². The number of Topliss-reactive ketones (excluding diaryl/α,β-unsaturated/α-hetero) is 3. The summed E-state index contributed by atoms with van der Waals surface area (Å²) in [6.45, 7) is 1.49. The molecule has 2 aromatic rings. The van der Waals surface area contributed by atoms with E-state index >= 15 is 0 Å². The summed E-state index contributed by atoms with van der Waals surface area (Å²) in [5, 5.41) is 0. The van der Waals surface area contributed by atoms with Crippen molar-refractivity contribution in [3.8, 4) is 5.75 Å². The van der Waals surface area contributed by atoms with Crippen molar-refractivity contribution in [2.24, 2.45) is 0 Å². The molecule has 0 spiro atoms. The fraction of sp³-hybridized carbons (Fsp3) is 0.320. The number of ketones is 3. The molecule has 2 amide bonds. The molecule has 35 heavy (non-hydrogen) atoms. The van der Waals surface area contributed by atoms with Crippen LogP contribution in [0.4, 0.5) is 13.2 Å². The lowest BCUT2D eigenvalue weighted by molar-refractivity contribution is -0.274. The number of aryl methyl sites for hydroxylation is 1. The Morgan fingerprint density at radius 2 is 1.66 bits per heavy atom. The van der Waals surface area contributed by atoms with Crippen LogP contribution in [0.25, 0.3) is 0 Å². The predicted molar refractivity (Wildman–Crippen MR) is 115 cm³/mol. The van der Waals surface area contributed by atoms with Gasteiger partial charge in [-0.1, -0.05) is 6.07 Å². The lowest BCUT2D eigenvalue weighted by Gasteiger charge is -2.38. The topological polar surface area (TPSA) is 97.8 Å². The van der Waals surface area contributed by atoms with E-state index in [1.54, 1.807) is 6.07 Å². The van der Waals surface area contributed by atoms with Gasteiger partial charge in [0.15, 0.2) is 11.6 Å². The molecule has 1 aliphatic heterocycles. The van der Waals surface area contributed by atoms with Gasteiger partial charge in [-0.25, -0.2) is 0 Å². The minimum Gasteiger partial charge on any atom is -0.406 e. The van der Waals surface area contributed by atoms with Gasteiger partial charge in [0.1, 0.15) is 17.1 Å². The van der Waals surface area contributed by atoms with E-state index in [0.29, 0.717) is 5.56 Å². The second-order valence-electron chi connectivity index (χ2n) is 8.73. The average Bonchev–Trinajstić information content (AvgIpc) is 3.04. The fourth-order valence-corrected chi connectivity index (χ4v) is 4.35. The highest BCUT2D eigenvalue weighted by Crippen LogP contribution is 2.36. The van der Waals surface area contributed by atoms with Crippen LogP contribution in [-0.4, -0.2) is 46.0 Å². The Morgan fingerprint density at radius 1 is 1.00 bits per heavy atom. The number of carbonyl (C=O) groups excluding carboxylic acids is 5. The molecular weight excluding hydrogens is 467 g/mol. The van der Waals surface area contributed by atoms with Gasteiger partial charge in [0.2, 0.25) is 0 Å². The molecule has 7 nitrogen and oxygen atoms in total. The van der Waals surface area contributed by atoms with Crippen molar-refractivity contribution in [2.75, 3.05) is 0 Å². The van der Waals surface area contributed by atoms with Crippen molar-refractivity contribution in [3.63, 3.8) is 0 Å². The molecule has 0 saturated heterocycles. The fourth-order valence-electron chi connectivity index (χ4n) is 4.35. The van der Waals surface area contributed by atoms with Crippen LogP contribution in [0, 0.1) is 0 Å². The van der Waals surface area contributed by atoms with Gasteiger partial charge < -0.3 is 4.74 Å². The van der Waals surface area contributed by atoms with Crippen LogP contribution in [0.1, 0.15) is 69.2 Å². The van der Waals surface area contributed by atoms with Gasteiger partial charge in [-0.05, 0) is 61.7 Å². The van der Waals surface area contributed by atoms with Gasteiger partial charge in [-0.15, -0.1) is 13.2 Å². The number of fused-ring (bicyclic) bond motifs is 1. The minimum atomic E-state index is -4.83. The van der Waals surface area contributed by atoms with Crippen molar-refractivity contribution in [2.45, 2.75) is 50.9 Å². The summed E-state index contributed by atoms with van der Waals surface area (Å²) < 4.78 is 40.6. The molecule has 2 aromatic carbocycles. The maximum Gasteiger partial charge on any atom is 0.573 e. The Morgan fingerprint density at radius 3 is 2.29 bits per heavy atom. The summed E-state index contributed by atoms with van der Waals surface area (Å²) in [7, 11) is 0. The second kappa shape index (κ2) is 8.75. The average molecular weight is 487 g/mol. The summed E-state index contributed by atoms with van der Waals surface area (Å²) in [6, 6.07) is 9.16. The van der Waals surface area contributed by atoms with Gasteiger partial charge in [-0.3, -0.25) is 28.9 Å². The van der Waals surface area contributed by atoms with E-state index in [2.05, 4.69) is 4.74 Å². The molecule has 1 aliphatic carbocycles.